The lowest BCUT2D eigenvalue weighted by atomic mass is 9.87. The monoisotopic (exact) mass is 1130 g/mol. The van der Waals surface area contributed by atoms with Gasteiger partial charge in [-0.3, -0.25) is 28.8 Å². The predicted molar refractivity (Wildman–Crippen MR) is 273 cm³/mol. The van der Waals surface area contributed by atoms with Crippen molar-refractivity contribution >= 4 is 59.4 Å². The van der Waals surface area contributed by atoms with Crippen LogP contribution in [0.1, 0.15) is 91.8 Å². The van der Waals surface area contributed by atoms with Gasteiger partial charge in [0, 0.05) is 45.5 Å². The van der Waals surface area contributed by atoms with Crippen molar-refractivity contribution < 1.29 is 95.2 Å². The van der Waals surface area contributed by atoms with E-state index in [0.717, 1.165) is 53.3 Å². The summed E-state index contributed by atoms with van der Waals surface area (Å²) in [5.74, 6) is -8.35. The van der Waals surface area contributed by atoms with E-state index in [-0.39, 0.29) is 13.0 Å². The summed E-state index contributed by atoms with van der Waals surface area (Å²) in [7, 11) is 1.07. The maximum Gasteiger partial charge on any atom is 0.407 e. The number of carbonyl (C=O) groups is 8. The van der Waals surface area contributed by atoms with Gasteiger partial charge >= 0.3 is 35.9 Å². The molecule has 0 radical (unpaired) electrons. The molecule has 1 aromatic carbocycles. The molecule has 2 aromatic rings. The Morgan fingerprint density at radius 3 is 2.00 bits per heavy atom. The molecule has 3 N–H and O–H groups in total. The summed E-state index contributed by atoms with van der Waals surface area (Å²) in [4.78, 5) is 102. The number of rotatable bonds is 36. The summed E-state index contributed by atoms with van der Waals surface area (Å²) in [6, 6.07) is 4.99. The van der Waals surface area contributed by atoms with E-state index < -0.39 is 109 Å². The lowest BCUT2D eigenvalue weighted by molar-refractivity contribution is -0.313. The predicted octanol–water partition coefficient (Wildman–Crippen LogP) is 2.50. The third-order valence-electron chi connectivity index (χ3n) is 10.9. The van der Waals surface area contributed by atoms with Crippen LogP contribution >= 0.6 is 11.6 Å². The maximum atomic E-state index is 13.9. The van der Waals surface area contributed by atoms with E-state index in [1.807, 2.05) is 6.20 Å². The molecule has 27 heteroatoms. The molecule has 0 bridgehead atoms. The van der Waals surface area contributed by atoms with Gasteiger partial charge in [0.1, 0.15) is 17.8 Å². The fourth-order valence-electron chi connectivity index (χ4n) is 7.62. The lowest BCUT2D eigenvalue weighted by Gasteiger charge is -2.48. The van der Waals surface area contributed by atoms with E-state index in [9.17, 15) is 38.4 Å². The number of unbranched alkanes of at least 4 members (excludes halogenated alkanes) is 3. The molecule has 0 spiro atoms. The highest BCUT2D eigenvalue weighted by molar-refractivity contribution is 6.30. The smallest absolute Gasteiger partial charge is 0.407 e. The first-order valence-electron chi connectivity index (χ1n) is 25.6. The third kappa shape index (κ3) is 27.0. The fraction of sp³-hybridized carbons (Fsp3) is 0.686. The van der Waals surface area contributed by atoms with Gasteiger partial charge in [-0.05, 0) is 57.7 Å². The highest BCUT2D eigenvalue weighted by Gasteiger charge is 2.59. The van der Waals surface area contributed by atoms with Crippen LogP contribution in [0.5, 0.6) is 0 Å². The first kappa shape index (κ1) is 66.3. The number of methoxy groups -OCH3 is 1. The molecule has 0 unspecified atom stereocenters. The van der Waals surface area contributed by atoms with Crippen LogP contribution in [-0.4, -0.2) is 191 Å². The number of hydrogen-bond donors (Lipinski definition) is 3. The third-order valence-corrected chi connectivity index (χ3v) is 11.2. The van der Waals surface area contributed by atoms with Crippen molar-refractivity contribution in [2.75, 3.05) is 86.3 Å². The zero-order valence-electron chi connectivity index (χ0n) is 45.8. The van der Waals surface area contributed by atoms with Gasteiger partial charge in [0.15, 0.2) is 18.8 Å². The molecule has 2 heterocycles. The number of halogens is 1. The average Bonchev–Trinajstić information content (AvgIpc) is 3.82. The van der Waals surface area contributed by atoms with Gasteiger partial charge in [0.2, 0.25) is 5.91 Å². The second-order valence-electron chi connectivity index (χ2n) is 18.7. The quantitative estimate of drug-likeness (QED) is 0.0501. The summed E-state index contributed by atoms with van der Waals surface area (Å²) < 4.78 is 68.7. The normalized spacial score (nSPS) is 17.9. The van der Waals surface area contributed by atoms with Crippen LogP contribution in [0.4, 0.5) is 4.79 Å². The minimum absolute atomic E-state index is 0.103. The van der Waals surface area contributed by atoms with Crippen molar-refractivity contribution in [1.29, 1.82) is 0 Å². The van der Waals surface area contributed by atoms with Crippen LogP contribution in [0.15, 0.2) is 30.5 Å². The average molecular weight is 1130 g/mol. The first-order chi connectivity index (χ1) is 37.1. The van der Waals surface area contributed by atoms with Gasteiger partial charge in [-0.25, -0.2) is 14.3 Å². The molecule has 26 nitrogen and oxygen atoms in total. The molecule has 78 heavy (non-hydrogen) atoms. The van der Waals surface area contributed by atoms with Crippen LogP contribution < -0.4 is 16.0 Å². The summed E-state index contributed by atoms with van der Waals surface area (Å²) in [5, 5.41) is 16.7. The molecule has 1 saturated heterocycles. The van der Waals surface area contributed by atoms with Crippen molar-refractivity contribution in [3.63, 3.8) is 0 Å². The standard InChI is InChI=1S/C51H77ClN6O20/c1-34(59)72-33-44(64)55-45-41(74-35(2)60)30-51(48(65)67-8,77-47(45)46(76-37(4)62)42(75-36(3)61)31-54-43(63)29-38-14-16-39(52)17-15-38)73-20-12-10-9-11-13-40-32-58(57-56-40)19-22-69-24-26-71-28-27-70-25-23-68-21-18-53-49(66)78-50(5,6)7/h14-17,32,41-42,45-47H,9-13,18-31,33H2,1-8H3,(H,53,66)(H,54,63)(H,55,64)/t41-,42+,45+,46+,47+,51+/m0/s1. The highest BCUT2D eigenvalue weighted by atomic mass is 35.5. The second kappa shape index (κ2) is 35.5. The Balaban J connectivity index is 1.56. The molecule has 0 saturated carbocycles. The summed E-state index contributed by atoms with van der Waals surface area (Å²) in [5.41, 5.74) is 0.820. The highest BCUT2D eigenvalue weighted by Crippen LogP contribution is 2.37. The number of ether oxygens (including phenoxy) is 12. The Bertz CT molecular complexity index is 2190. The SMILES string of the molecule is COC(=O)[C@@]1(OCCCCCCc2cn(CCOCCOCCOCCOCCNC(=O)OC(C)(C)C)nn2)C[C@H](OC(C)=O)[C@@H](NC(=O)COC(C)=O)[C@H]([C@H](OC(C)=O)[C@@H](CNC(=O)Cc2ccc(Cl)cc2)OC(C)=O)O1. The zero-order chi connectivity index (χ0) is 57.5. The van der Waals surface area contributed by atoms with Gasteiger partial charge in [-0.1, -0.05) is 41.8 Å². The second-order valence-corrected chi connectivity index (χ2v) is 19.2. The largest absolute Gasteiger partial charge is 0.465 e. The number of nitrogens with one attached hydrogen (secondary N) is 3. The van der Waals surface area contributed by atoms with Crippen LogP contribution in [0, 0.1) is 0 Å². The van der Waals surface area contributed by atoms with E-state index in [2.05, 4.69) is 26.3 Å². The molecule has 6 atom stereocenters. The Labute approximate surface area is 459 Å². The Kier molecular flexibility index (Phi) is 30.1. The molecule has 438 valence electrons. The van der Waals surface area contributed by atoms with Crippen molar-refractivity contribution in [1.82, 2.24) is 30.9 Å². The number of alkyl carbamates (subject to hydrolysis) is 1. The Morgan fingerprint density at radius 1 is 0.769 bits per heavy atom. The number of carbonyl (C=O) groups excluding carboxylic acids is 8. The topological polar surface area (TPSA) is 314 Å². The number of amides is 3. The Hall–Kier alpha value is -6.03. The number of aromatic nitrogens is 3. The number of nitrogens with zero attached hydrogens (tertiary/aromatic N) is 3. The number of benzene rings is 1. The minimum atomic E-state index is -2.37. The van der Waals surface area contributed by atoms with Gasteiger partial charge in [0.05, 0.1) is 104 Å². The summed E-state index contributed by atoms with van der Waals surface area (Å²) >= 11 is 6.00. The number of aryl methyl sites for hydroxylation is 1. The van der Waals surface area contributed by atoms with Gasteiger partial charge in [-0.15, -0.1) is 5.10 Å². The summed E-state index contributed by atoms with van der Waals surface area (Å²) in [6.07, 6.45) is -2.77. The zero-order valence-corrected chi connectivity index (χ0v) is 46.6. The maximum absolute atomic E-state index is 13.9. The van der Waals surface area contributed by atoms with Crippen LogP contribution in [0.25, 0.3) is 0 Å². The van der Waals surface area contributed by atoms with Gasteiger partial charge < -0.3 is 72.8 Å². The fourth-order valence-corrected chi connectivity index (χ4v) is 7.75. The molecule has 3 rings (SSSR count). The number of esters is 5. The van der Waals surface area contributed by atoms with E-state index in [1.165, 1.54) is 0 Å². The molecular weight excluding hydrogens is 1050 g/mol. The Morgan fingerprint density at radius 2 is 1.40 bits per heavy atom. The lowest BCUT2D eigenvalue weighted by Crippen LogP contribution is -2.70. The van der Waals surface area contributed by atoms with Crippen LogP contribution in [0.2, 0.25) is 5.02 Å². The molecule has 1 aliphatic rings. The van der Waals surface area contributed by atoms with Crippen LogP contribution in [0.3, 0.4) is 0 Å². The molecular formula is C51H77ClN6O20. The molecule has 3 amide bonds. The van der Waals surface area contributed by atoms with Crippen molar-refractivity contribution in [3.8, 4) is 0 Å². The minimum Gasteiger partial charge on any atom is -0.465 e. The van der Waals surface area contributed by atoms with E-state index in [1.54, 1.807) is 49.7 Å². The van der Waals surface area contributed by atoms with E-state index in [0.29, 0.717) is 95.8 Å². The van der Waals surface area contributed by atoms with Crippen LogP contribution in [-0.2, 0) is 110 Å². The molecule has 0 aliphatic carbocycles. The molecule has 1 aliphatic heterocycles. The summed E-state index contributed by atoms with van der Waals surface area (Å²) in [6.45, 7) is 12.2. The first-order valence-corrected chi connectivity index (χ1v) is 26.0. The van der Waals surface area contributed by atoms with Crippen molar-refractivity contribution in [2.24, 2.45) is 0 Å². The van der Waals surface area contributed by atoms with Gasteiger partial charge in [0.25, 0.3) is 11.7 Å². The van der Waals surface area contributed by atoms with E-state index >= 15 is 0 Å². The number of hydrogen-bond acceptors (Lipinski definition) is 22. The van der Waals surface area contributed by atoms with Gasteiger partial charge in [-0.2, -0.15) is 0 Å². The molecule has 1 aromatic heterocycles. The van der Waals surface area contributed by atoms with Crippen molar-refractivity contribution in [3.05, 3.63) is 46.7 Å². The molecule has 1 fully saturated rings. The van der Waals surface area contributed by atoms with E-state index in [4.69, 9.17) is 68.4 Å². The van der Waals surface area contributed by atoms with Crippen molar-refractivity contribution in [2.45, 2.75) is 142 Å².